The van der Waals surface area contributed by atoms with E-state index in [4.69, 9.17) is 29.8 Å². The molecule has 1 aliphatic rings. The average molecular weight is 192 g/mol. The van der Waals surface area contributed by atoms with Gasteiger partial charge in [-0.2, -0.15) is 0 Å². The summed E-state index contributed by atoms with van der Waals surface area (Å²) < 4.78 is 12.5. The van der Waals surface area contributed by atoms with Crippen molar-refractivity contribution in [3.8, 4) is 0 Å². The standard InChI is InChI=1S/C7H4Cl2FN/c1-11-7(9)3-2-5(10)4-6(7)8/h2,4H,3H2. The lowest BCUT2D eigenvalue weighted by atomic mass is 10.1. The predicted molar refractivity (Wildman–Crippen MR) is 42.9 cm³/mol. The maximum Gasteiger partial charge on any atom is 0.345 e. The molecule has 0 saturated heterocycles. The van der Waals surface area contributed by atoms with Crippen molar-refractivity contribution in [3.63, 3.8) is 0 Å². The normalized spacial score (nSPS) is 30.4. The molecule has 0 aromatic rings. The van der Waals surface area contributed by atoms with Gasteiger partial charge < -0.3 is 0 Å². The van der Waals surface area contributed by atoms with Crippen LogP contribution in [0.3, 0.4) is 0 Å². The highest BCUT2D eigenvalue weighted by atomic mass is 35.5. The topological polar surface area (TPSA) is 4.36 Å². The maximum absolute atomic E-state index is 12.5. The van der Waals surface area contributed by atoms with E-state index in [1.165, 1.54) is 6.08 Å². The van der Waals surface area contributed by atoms with Crippen molar-refractivity contribution >= 4 is 23.2 Å². The number of hydrogen-bond donors (Lipinski definition) is 0. The largest absolute Gasteiger partial charge is 0.345 e. The summed E-state index contributed by atoms with van der Waals surface area (Å²) in [6.45, 7) is 6.71. The van der Waals surface area contributed by atoms with E-state index in [9.17, 15) is 4.39 Å². The van der Waals surface area contributed by atoms with Gasteiger partial charge in [-0.25, -0.2) is 11.0 Å². The molecule has 1 nitrogen and oxygen atoms in total. The summed E-state index contributed by atoms with van der Waals surface area (Å²) in [5.74, 6) is -0.435. The number of allylic oxidation sites excluding steroid dienone is 2. The monoisotopic (exact) mass is 191 g/mol. The maximum atomic E-state index is 12.5. The molecule has 0 N–H and O–H groups in total. The summed E-state index contributed by atoms with van der Waals surface area (Å²) in [4.78, 5) is 1.83. The molecule has 0 heterocycles. The molecule has 0 fully saturated rings. The Bertz CT molecular complexity index is 277. The van der Waals surface area contributed by atoms with Crippen LogP contribution in [-0.4, -0.2) is 5.00 Å². The van der Waals surface area contributed by atoms with Crippen LogP contribution in [0.5, 0.6) is 0 Å². The van der Waals surface area contributed by atoms with Crippen LogP contribution in [0.1, 0.15) is 6.42 Å². The zero-order valence-corrected chi connectivity index (χ0v) is 6.95. The van der Waals surface area contributed by atoms with E-state index in [2.05, 4.69) is 4.85 Å². The Morgan fingerprint density at radius 2 is 2.36 bits per heavy atom. The molecule has 0 spiro atoms. The minimum absolute atomic E-state index is 0.0502. The highest BCUT2D eigenvalue weighted by Gasteiger charge is 2.39. The molecule has 0 bridgehead atoms. The fourth-order valence-corrected chi connectivity index (χ4v) is 1.08. The zero-order valence-electron chi connectivity index (χ0n) is 5.44. The molecule has 11 heavy (non-hydrogen) atoms. The Labute approximate surface area is 73.9 Å². The van der Waals surface area contributed by atoms with Gasteiger partial charge in [0, 0.05) is 0 Å². The first-order chi connectivity index (χ1) is 5.08. The van der Waals surface area contributed by atoms with E-state index in [0.29, 0.717) is 0 Å². The molecule has 1 unspecified atom stereocenters. The highest BCUT2D eigenvalue weighted by molar-refractivity contribution is 6.40. The highest BCUT2D eigenvalue weighted by Crippen LogP contribution is 2.38. The molecule has 1 atom stereocenters. The van der Waals surface area contributed by atoms with Gasteiger partial charge in [-0.05, 0) is 23.8 Å². The van der Waals surface area contributed by atoms with Crippen LogP contribution in [0.2, 0.25) is 0 Å². The first kappa shape index (κ1) is 8.58. The third-order valence-electron chi connectivity index (χ3n) is 1.38. The van der Waals surface area contributed by atoms with Crippen molar-refractivity contribution in [1.82, 2.24) is 0 Å². The van der Waals surface area contributed by atoms with Gasteiger partial charge in [0.1, 0.15) is 10.9 Å². The molecule has 0 aromatic heterocycles. The van der Waals surface area contributed by atoms with Gasteiger partial charge in [0.15, 0.2) is 0 Å². The van der Waals surface area contributed by atoms with E-state index >= 15 is 0 Å². The summed E-state index contributed by atoms with van der Waals surface area (Å²) >= 11 is 11.3. The van der Waals surface area contributed by atoms with Crippen LogP contribution in [0.25, 0.3) is 4.85 Å². The minimum atomic E-state index is -1.27. The third kappa shape index (κ3) is 1.55. The Morgan fingerprint density at radius 1 is 1.73 bits per heavy atom. The van der Waals surface area contributed by atoms with Gasteiger partial charge in [-0.15, -0.1) is 0 Å². The summed E-state index contributed by atoms with van der Waals surface area (Å²) in [7, 11) is 0. The molecule has 1 rings (SSSR count). The number of rotatable bonds is 0. The zero-order chi connectivity index (χ0) is 8.48. The molecular weight excluding hydrogens is 188 g/mol. The second kappa shape index (κ2) is 2.84. The summed E-state index contributed by atoms with van der Waals surface area (Å²) in [5.41, 5.74) is 0. The molecule has 1 aliphatic carbocycles. The van der Waals surface area contributed by atoms with Crippen molar-refractivity contribution in [3.05, 3.63) is 34.4 Å². The van der Waals surface area contributed by atoms with E-state index in [0.717, 1.165) is 6.08 Å². The molecule has 0 saturated carbocycles. The molecule has 58 valence electrons. The number of hydrogen-bond acceptors (Lipinski definition) is 0. The molecule has 0 radical (unpaired) electrons. The number of halogens is 3. The fraction of sp³-hybridized carbons (Fsp3) is 0.286. The van der Waals surface area contributed by atoms with Gasteiger partial charge in [0.05, 0.1) is 6.42 Å². The Hall–Kier alpha value is -0.520. The molecule has 0 amide bonds. The SMILES string of the molecule is [C-]#[N+]C1(Cl)CC=C(F)C=C1Cl. The predicted octanol–water partition coefficient (Wildman–Crippen LogP) is 3.22. The lowest BCUT2D eigenvalue weighted by Crippen LogP contribution is -2.17. The van der Waals surface area contributed by atoms with E-state index in [1.54, 1.807) is 0 Å². The van der Waals surface area contributed by atoms with E-state index < -0.39 is 10.8 Å². The van der Waals surface area contributed by atoms with E-state index in [-0.39, 0.29) is 11.5 Å². The number of nitrogens with zero attached hydrogens (tertiary/aromatic N) is 1. The molecule has 4 heteroatoms. The van der Waals surface area contributed by atoms with Gasteiger partial charge in [-0.3, -0.25) is 4.85 Å². The summed E-state index contributed by atoms with van der Waals surface area (Å²) in [6, 6.07) is 0. The second-order valence-corrected chi connectivity index (χ2v) is 3.19. The van der Waals surface area contributed by atoms with Crippen LogP contribution >= 0.6 is 23.2 Å². The van der Waals surface area contributed by atoms with Crippen molar-refractivity contribution in [2.45, 2.75) is 11.4 Å². The molecule has 0 aromatic carbocycles. The van der Waals surface area contributed by atoms with Gasteiger partial charge in [0.2, 0.25) is 0 Å². The van der Waals surface area contributed by atoms with E-state index in [1.807, 2.05) is 0 Å². The Morgan fingerprint density at radius 3 is 2.82 bits per heavy atom. The van der Waals surface area contributed by atoms with Gasteiger partial charge in [-0.1, -0.05) is 11.6 Å². The van der Waals surface area contributed by atoms with Crippen molar-refractivity contribution in [2.24, 2.45) is 0 Å². The van der Waals surface area contributed by atoms with Crippen molar-refractivity contribution in [1.29, 1.82) is 0 Å². The van der Waals surface area contributed by atoms with Crippen LogP contribution in [0.4, 0.5) is 4.39 Å². The summed E-state index contributed by atoms with van der Waals surface area (Å²) in [6.07, 6.45) is 2.44. The molecule has 0 aliphatic heterocycles. The quantitative estimate of drug-likeness (QED) is 0.315. The molecular formula is C7H4Cl2FN. The van der Waals surface area contributed by atoms with Crippen LogP contribution in [0.15, 0.2) is 23.0 Å². The first-order valence-corrected chi connectivity index (χ1v) is 3.65. The van der Waals surface area contributed by atoms with Crippen LogP contribution in [0, 0.1) is 6.57 Å². The van der Waals surface area contributed by atoms with Crippen molar-refractivity contribution in [2.75, 3.05) is 0 Å². The lowest BCUT2D eigenvalue weighted by Gasteiger charge is -2.14. The van der Waals surface area contributed by atoms with Crippen molar-refractivity contribution < 1.29 is 4.39 Å². The number of alkyl halides is 1. The Balaban J connectivity index is 2.99. The minimum Gasteiger partial charge on any atom is -0.286 e. The summed E-state index contributed by atoms with van der Waals surface area (Å²) in [5, 5.41) is 0.0502. The smallest absolute Gasteiger partial charge is 0.286 e. The Kier molecular flexibility index (Phi) is 2.22. The average Bonchev–Trinajstić information content (AvgIpc) is 1.98. The van der Waals surface area contributed by atoms with Crippen LogP contribution < -0.4 is 0 Å². The van der Waals surface area contributed by atoms with Gasteiger partial charge in [0.25, 0.3) is 0 Å². The second-order valence-electron chi connectivity index (χ2n) is 2.16. The fourth-order valence-electron chi connectivity index (χ4n) is 0.720. The lowest BCUT2D eigenvalue weighted by molar-refractivity contribution is 0.641. The van der Waals surface area contributed by atoms with Gasteiger partial charge >= 0.3 is 5.00 Å². The first-order valence-electron chi connectivity index (χ1n) is 2.89. The van der Waals surface area contributed by atoms with Crippen LogP contribution in [-0.2, 0) is 0 Å². The third-order valence-corrected chi connectivity index (χ3v) is 2.34.